The molecule has 0 fully saturated rings. The van der Waals surface area contributed by atoms with Crippen LogP contribution in [0.1, 0.15) is 11.1 Å². The molecule has 1 aromatic rings. The molecule has 0 saturated heterocycles. The highest BCUT2D eigenvalue weighted by atomic mass is 16.5. The molecule has 14 heavy (non-hydrogen) atoms. The maximum atomic E-state index is 10.9. The van der Waals surface area contributed by atoms with Crippen molar-refractivity contribution >= 4 is 5.91 Å². The lowest BCUT2D eigenvalue weighted by atomic mass is 10.1. The van der Waals surface area contributed by atoms with Gasteiger partial charge in [0.05, 0.1) is 6.54 Å². The first-order valence-corrected chi connectivity index (χ1v) is 4.51. The number of rotatable bonds is 2. The normalized spacial score (nSPS) is 15.2. The van der Waals surface area contributed by atoms with Crippen LogP contribution < -0.4 is 5.48 Å². The fourth-order valence-corrected chi connectivity index (χ4v) is 1.75. The van der Waals surface area contributed by atoms with Crippen molar-refractivity contribution < 1.29 is 10.0 Å². The van der Waals surface area contributed by atoms with Gasteiger partial charge in [0.25, 0.3) is 5.91 Å². The Morgan fingerprint density at radius 2 is 1.93 bits per heavy atom. The SMILES string of the molecule is O=C(CN1Cc2ccccc2C1)NO. The fourth-order valence-electron chi connectivity index (χ4n) is 1.75. The van der Waals surface area contributed by atoms with E-state index in [0.717, 1.165) is 13.1 Å². The molecular weight excluding hydrogens is 180 g/mol. The molecule has 2 rings (SSSR count). The molecule has 4 nitrogen and oxygen atoms in total. The number of benzene rings is 1. The predicted molar refractivity (Wildman–Crippen MR) is 50.5 cm³/mol. The maximum Gasteiger partial charge on any atom is 0.257 e. The summed E-state index contributed by atoms with van der Waals surface area (Å²) < 4.78 is 0. The molecule has 1 aliphatic rings. The van der Waals surface area contributed by atoms with Crippen LogP contribution in [0, 0.1) is 0 Å². The lowest BCUT2D eigenvalue weighted by Gasteiger charge is -2.12. The Balaban J connectivity index is 2.01. The number of hydroxylamine groups is 1. The van der Waals surface area contributed by atoms with Gasteiger partial charge in [-0.25, -0.2) is 5.48 Å². The quantitative estimate of drug-likeness (QED) is 0.530. The van der Waals surface area contributed by atoms with Crippen molar-refractivity contribution in [1.82, 2.24) is 10.4 Å². The van der Waals surface area contributed by atoms with E-state index in [1.165, 1.54) is 11.1 Å². The van der Waals surface area contributed by atoms with Crippen molar-refractivity contribution in [2.45, 2.75) is 13.1 Å². The first-order valence-electron chi connectivity index (χ1n) is 4.51. The summed E-state index contributed by atoms with van der Waals surface area (Å²) in [6, 6.07) is 8.11. The predicted octanol–water partition coefficient (Wildman–Crippen LogP) is 0.508. The van der Waals surface area contributed by atoms with Gasteiger partial charge in [0.2, 0.25) is 0 Å². The van der Waals surface area contributed by atoms with Crippen LogP contribution in [-0.2, 0) is 17.9 Å². The van der Waals surface area contributed by atoms with E-state index in [9.17, 15) is 4.79 Å². The van der Waals surface area contributed by atoms with Crippen LogP contribution in [-0.4, -0.2) is 22.6 Å². The molecule has 74 valence electrons. The molecule has 1 heterocycles. The number of carbonyl (C=O) groups excluding carboxylic acids is 1. The topological polar surface area (TPSA) is 52.6 Å². The van der Waals surface area contributed by atoms with Gasteiger partial charge >= 0.3 is 0 Å². The van der Waals surface area contributed by atoms with E-state index >= 15 is 0 Å². The standard InChI is InChI=1S/C10H12N2O2/c13-10(11-14)7-12-5-8-3-1-2-4-9(8)6-12/h1-4,14H,5-7H2,(H,11,13). The van der Waals surface area contributed by atoms with Crippen molar-refractivity contribution in [2.75, 3.05) is 6.54 Å². The lowest BCUT2D eigenvalue weighted by Crippen LogP contribution is -2.32. The third-order valence-corrected chi connectivity index (χ3v) is 2.40. The minimum atomic E-state index is -0.363. The number of amides is 1. The van der Waals surface area contributed by atoms with Gasteiger partial charge in [-0.15, -0.1) is 0 Å². The van der Waals surface area contributed by atoms with Gasteiger partial charge in [-0.2, -0.15) is 0 Å². The van der Waals surface area contributed by atoms with Crippen LogP contribution in [0.4, 0.5) is 0 Å². The Morgan fingerprint density at radius 3 is 2.43 bits per heavy atom. The average Bonchev–Trinajstić information content (AvgIpc) is 2.59. The van der Waals surface area contributed by atoms with E-state index in [1.54, 1.807) is 5.48 Å². The molecule has 0 bridgehead atoms. The second kappa shape index (κ2) is 3.77. The summed E-state index contributed by atoms with van der Waals surface area (Å²) in [4.78, 5) is 12.9. The van der Waals surface area contributed by atoms with Crippen LogP contribution in [0.2, 0.25) is 0 Å². The minimum absolute atomic E-state index is 0.241. The third-order valence-electron chi connectivity index (χ3n) is 2.40. The number of nitrogens with one attached hydrogen (secondary N) is 1. The van der Waals surface area contributed by atoms with Gasteiger partial charge in [-0.1, -0.05) is 24.3 Å². The lowest BCUT2D eigenvalue weighted by molar-refractivity contribution is -0.130. The maximum absolute atomic E-state index is 10.9. The Labute approximate surface area is 82.1 Å². The molecule has 0 unspecified atom stereocenters. The molecule has 0 radical (unpaired) electrons. The fraction of sp³-hybridized carbons (Fsp3) is 0.300. The summed E-state index contributed by atoms with van der Waals surface area (Å²) in [5.41, 5.74) is 4.16. The van der Waals surface area contributed by atoms with Gasteiger partial charge in [0.15, 0.2) is 0 Å². The highest BCUT2D eigenvalue weighted by Crippen LogP contribution is 2.21. The minimum Gasteiger partial charge on any atom is -0.289 e. The molecule has 0 aliphatic carbocycles. The molecule has 0 saturated carbocycles. The summed E-state index contributed by atoms with van der Waals surface area (Å²) in [6.07, 6.45) is 0. The van der Waals surface area contributed by atoms with Crippen LogP contribution >= 0.6 is 0 Å². The van der Waals surface area contributed by atoms with E-state index in [4.69, 9.17) is 5.21 Å². The molecule has 1 aromatic carbocycles. The number of nitrogens with zero attached hydrogens (tertiary/aromatic N) is 1. The van der Waals surface area contributed by atoms with Gasteiger partial charge in [-0.3, -0.25) is 14.9 Å². The summed E-state index contributed by atoms with van der Waals surface area (Å²) in [6.45, 7) is 1.80. The molecular formula is C10H12N2O2. The third kappa shape index (κ3) is 1.76. The number of hydrogen-bond acceptors (Lipinski definition) is 3. The second-order valence-electron chi connectivity index (χ2n) is 3.45. The largest absolute Gasteiger partial charge is 0.289 e. The smallest absolute Gasteiger partial charge is 0.257 e. The van der Waals surface area contributed by atoms with E-state index < -0.39 is 0 Å². The van der Waals surface area contributed by atoms with Crippen molar-refractivity contribution in [1.29, 1.82) is 0 Å². The first kappa shape index (κ1) is 9.18. The zero-order chi connectivity index (χ0) is 9.97. The van der Waals surface area contributed by atoms with E-state index in [0.29, 0.717) is 0 Å². The summed E-state index contributed by atoms with van der Waals surface area (Å²) in [7, 11) is 0. The zero-order valence-corrected chi connectivity index (χ0v) is 7.73. The van der Waals surface area contributed by atoms with Gasteiger partial charge in [0.1, 0.15) is 0 Å². The molecule has 0 aromatic heterocycles. The van der Waals surface area contributed by atoms with E-state index in [1.807, 2.05) is 17.0 Å². The average molecular weight is 192 g/mol. The molecule has 2 N–H and O–H groups in total. The Morgan fingerprint density at radius 1 is 1.36 bits per heavy atom. The Kier molecular flexibility index (Phi) is 2.47. The van der Waals surface area contributed by atoms with Crippen LogP contribution in [0.3, 0.4) is 0 Å². The summed E-state index contributed by atoms with van der Waals surface area (Å²) in [5.74, 6) is -0.363. The Bertz CT molecular complexity index is 327. The molecule has 1 aliphatic heterocycles. The number of hydrogen-bond donors (Lipinski definition) is 2. The zero-order valence-electron chi connectivity index (χ0n) is 7.73. The van der Waals surface area contributed by atoms with Crippen molar-refractivity contribution in [2.24, 2.45) is 0 Å². The Hall–Kier alpha value is -1.39. The van der Waals surface area contributed by atoms with Crippen molar-refractivity contribution in [3.8, 4) is 0 Å². The highest BCUT2D eigenvalue weighted by Gasteiger charge is 2.19. The van der Waals surface area contributed by atoms with Gasteiger partial charge < -0.3 is 0 Å². The second-order valence-corrected chi connectivity index (χ2v) is 3.45. The van der Waals surface area contributed by atoms with Gasteiger partial charge in [-0.05, 0) is 11.1 Å². The number of carbonyl (C=O) groups is 1. The summed E-state index contributed by atoms with van der Waals surface area (Å²) in [5, 5.41) is 8.39. The number of fused-ring (bicyclic) bond motifs is 1. The molecule has 0 atom stereocenters. The molecule has 4 heteroatoms. The van der Waals surface area contributed by atoms with E-state index in [-0.39, 0.29) is 12.5 Å². The molecule has 0 spiro atoms. The van der Waals surface area contributed by atoms with E-state index in [2.05, 4.69) is 12.1 Å². The van der Waals surface area contributed by atoms with Crippen LogP contribution in [0.25, 0.3) is 0 Å². The van der Waals surface area contributed by atoms with Crippen molar-refractivity contribution in [3.05, 3.63) is 35.4 Å². The van der Waals surface area contributed by atoms with Gasteiger partial charge in [0, 0.05) is 13.1 Å². The van der Waals surface area contributed by atoms with Crippen LogP contribution in [0.15, 0.2) is 24.3 Å². The monoisotopic (exact) mass is 192 g/mol. The van der Waals surface area contributed by atoms with Crippen LogP contribution in [0.5, 0.6) is 0 Å². The summed E-state index contributed by atoms with van der Waals surface area (Å²) >= 11 is 0. The highest BCUT2D eigenvalue weighted by molar-refractivity contribution is 5.76. The molecule has 1 amide bonds. The van der Waals surface area contributed by atoms with Crippen molar-refractivity contribution in [3.63, 3.8) is 0 Å². The first-order chi connectivity index (χ1) is 6.79.